The second-order valence-corrected chi connectivity index (χ2v) is 7.10. The molecule has 1 aromatic rings. The van der Waals surface area contributed by atoms with E-state index in [1.54, 1.807) is 0 Å². The number of nitrogens with zero attached hydrogens (tertiary/aromatic N) is 1. The van der Waals surface area contributed by atoms with Gasteiger partial charge >= 0.3 is 0 Å². The summed E-state index contributed by atoms with van der Waals surface area (Å²) < 4.78 is 13.0. The van der Waals surface area contributed by atoms with Crippen molar-refractivity contribution < 1.29 is 14.1 Å². The standard InChI is InChI=1S/C20H28FN3O/c21-18-6-8-19(9-7-18)24-14-12-23(13-15-24)16-20(25)22-11-10-17-4-2-1-3-5-17/h4,6-9H,1-3,5,10-16H2,(H,22,25)/p+1. The number of nitrogens with one attached hydrogen (secondary N) is 2. The lowest BCUT2D eigenvalue weighted by Gasteiger charge is -2.33. The molecular formula is C20H29FN3O+. The molecule has 1 aromatic carbocycles. The van der Waals surface area contributed by atoms with Gasteiger partial charge in [0.05, 0.1) is 26.2 Å². The highest BCUT2D eigenvalue weighted by atomic mass is 19.1. The minimum absolute atomic E-state index is 0.154. The highest BCUT2D eigenvalue weighted by molar-refractivity contribution is 5.76. The van der Waals surface area contributed by atoms with Crippen LogP contribution in [0.15, 0.2) is 35.9 Å². The minimum Gasteiger partial charge on any atom is -0.360 e. The van der Waals surface area contributed by atoms with Crippen LogP contribution < -0.4 is 15.1 Å². The van der Waals surface area contributed by atoms with Crippen molar-refractivity contribution >= 4 is 11.6 Å². The fraction of sp³-hybridized carbons (Fsp3) is 0.550. The summed E-state index contributed by atoms with van der Waals surface area (Å²) in [5.74, 6) is -0.0460. The van der Waals surface area contributed by atoms with E-state index in [1.165, 1.54) is 48.3 Å². The Bertz CT molecular complexity index is 591. The Morgan fingerprint density at radius 3 is 2.60 bits per heavy atom. The van der Waals surface area contributed by atoms with Gasteiger partial charge in [-0.15, -0.1) is 0 Å². The van der Waals surface area contributed by atoms with Crippen molar-refractivity contribution in [3.05, 3.63) is 41.7 Å². The molecule has 0 aromatic heterocycles. The van der Waals surface area contributed by atoms with E-state index in [2.05, 4.69) is 16.3 Å². The summed E-state index contributed by atoms with van der Waals surface area (Å²) in [7, 11) is 0. The zero-order chi connectivity index (χ0) is 17.5. The molecule has 1 aliphatic heterocycles. The fourth-order valence-electron chi connectivity index (χ4n) is 3.69. The first-order valence-corrected chi connectivity index (χ1v) is 9.49. The summed E-state index contributed by atoms with van der Waals surface area (Å²) >= 11 is 0. The van der Waals surface area contributed by atoms with E-state index in [9.17, 15) is 9.18 Å². The number of benzene rings is 1. The SMILES string of the molecule is O=C(C[NH+]1CCN(c2ccc(F)cc2)CC1)NCCC1=CCCCC1. The summed E-state index contributed by atoms with van der Waals surface area (Å²) in [5, 5.41) is 3.07. The smallest absolute Gasteiger partial charge is 0.275 e. The lowest BCUT2D eigenvalue weighted by Crippen LogP contribution is -3.15. The number of halogens is 1. The van der Waals surface area contributed by atoms with Crippen molar-refractivity contribution in [3.8, 4) is 0 Å². The first-order valence-electron chi connectivity index (χ1n) is 9.49. The number of quaternary nitrogens is 1. The number of carbonyl (C=O) groups excluding carboxylic acids is 1. The Labute approximate surface area is 149 Å². The second kappa shape index (κ2) is 8.99. The zero-order valence-corrected chi connectivity index (χ0v) is 14.9. The molecule has 5 heteroatoms. The van der Waals surface area contributed by atoms with Crippen LogP contribution in [0.5, 0.6) is 0 Å². The Morgan fingerprint density at radius 1 is 1.16 bits per heavy atom. The van der Waals surface area contributed by atoms with Crippen molar-refractivity contribution in [3.63, 3.8) is 0 Å². The number of amides is 1. The Kier molecular flexibility index (Phi) is 6.45. The maximum Gasteiger partial charge on any atom is 0.275 e. The summed E-state index contributed by atoms with van der Waals surface area (Å²) in [6, 6.07) is 6.66. The molecule has 3 rings (SSSR count). The van der Waals surface area contributed by atoms with Crippen LogP contribution in [0.4, 0.5) is 10.1 Å². The average Bonchev–Trinajstić information content (AvgIpc) is 2.64. The van der Waals surface area contributed by atoms with Gasteiger partial charge in [0.25, 0.3) is 5.91 Å². The van der Waals surface area contributed by atoms with Gasteiger partial charge in [-0.1, -0.05) is 11.6 Å². The average molecular weight is 346 g/mol. The van der Waals surface area contributed by atoms with Gasteiger partial charge < -0.3 is 15.1 Å². The highest BCUT2D eigenvalue weighted by Crippen LogP contribution is 2.19. The number of hydrogen-bond donors (Lipinski definition) is 2. The molecule has 0 radical (unpaired) electrons. The topological polar surface area (TPSA) is 36.8 Å². The quantitative estimate of drug-likeness (QED) is 0.767. The number of rotatable bonds is 6. The van der Waals surface area contributed by atoms with Crippen LogP contribution in [-0.2, 0) is 4.79 Å². The number of carbonyl (C=O) groups is 1. The van der Waals surface area contributed by atoms with Crippen LogP contribution in [-0.4, -0.2) is 45.2 Å². The van der Waals surface area contributed by atoms with E-state index in [4.69, 9.17) is 0 Å². The van der Waals surface area contributed by atoms with Gasteiger partial charge in [0.1, 0.15) is 5.82 Å². The van der Waals surface area contributed by atoms with E-state index in [-0.39, 0.29) is 11.7 Å². The maximum absolute atomic E-state index is 13.0. The van der Waals surface area contributed by atoms with Crippen LogP contribution in [0.2, 0.25) is 0 Å². The number of anilines is 1. The molecule has 2 aliphatic rings. The van der Waals surface area contributed by atoms with Crippen LogP contribution in [0.25, 0.3) is 0 Å². The fourth-order valence-corrected chi connectivity index (χ4v) is 3.69. The molecule has 4 nitrogen and oxygen atoms in total. The van der Waals surface area contributed by atoms with Gasteiger partial charge in [0.15, 0.2) is 6.54 Å². The van der Waals surface area contributed by atoms with Crippen molar-refractivity contribution in [2.75, 3.05) is 44.2 Å². The van der Waals surface area contributed by atoms with Gasteiger partial charge in [-0.05, 0) is 56.4 Å². The third-order valence-corrected chi connectivity index (χ3v) is 5.23. The maximum atomic E-state index is 13.0. The Hall–Kier alpha value is -1.88. The zero-order valence-electron chi connectivity index (χ0n) is 14.9. The van der Waals surface area contributed by atoms with Gasteiger partial charge in [0, 0.05) is 12.2 Å². The largest absolute Gasteiger partial charge is 0.360 e. The molecule has 0 atom stereocenters. The summed E-state index contributed by atoms with van der Waals surface area (Å²) in [5.41, 5.74) is 2.57. The number of allylic oxidation sites excluding steroid dienone is 1. The molecule has 1 saturated heterocycles. The van der Waals surface area contributed by atoms with Crippen LogP contribution in [0, 0.1) is 5.82 Å². The Balaban J connectivity index is 1.34. The molecule has 1 aliphatic carbocycles. The van der Waals surface area contributed by atoms with Crippen LogP contribution >= 0.6 is 0 Å². The van der Waals surface area contributed by atoms with Gasteiger partial charge in [-0.3, -0.25) is 4.79 Å². The van der Waals surface area contributed by atoms with E-state index >= 15 is 0 Å². The van der Waals surface area contributed by atoms with Gasteiger partial charge in [-0.2, -0.15) is 0 Å². The first-order chi connectivity index (χ1) is 12.2. The number of hydrogen-bond acceptors (Lipinski definition) is 2. The molecule has 1 fully saturated rings. The third-order valence-electron chi connectivity index (χ3n) is 5.23. The van der Waals surface area contributed by atoms with Crippen molar-refractivity contribution in [1.82, 2.24) is 5.32 Å². The molecule has 136 valence electrons. The lowest BCUT2D eigenvalue weighted by molar-refractivity contribution is -0.892. The molecular weight excluding hydrogens is 317 g/mol. The minimum atomic E-state index is -0.200. The number of piperazine rings is 1. The van der Waals surface area contributed by atoms with Crippen LogP contribution in [0.3, 0.4) is 0 Å². The molecule has 0 spiro atoms. The predicted molar refractivity (Wildman–Crippen MR) is 98.4 cm³/mol. The molecule has 1 amide bonds. The van der Waals surface area contributed by atoms with Gasteiger partial charge in [0.2, 0.25) is 0 Å². The molecule has 0 bridgehead atoms. The molecule has 1 heterocycles. The third kappa shape index (κ3) is 5.56. The van der Waals surface area contributed by atoms with Crippen molar-refractivity contribution in [2.24, 2.45) is 0 Å². The van der Waals surface area contributed by atoms with Crippen LogP contribution in [0.1, 0.15) is 32.1 Å². The Morgan fingerprint density at radius 2 is 1.92 bits per heavy atom. The van der Waals surface area contributed by atoms with Crippen molar-refractivity contribution in [2.45, 2.75) is 32.1 Å². The monoisotopic (exact) mass is 346 g/mol. The van der Waals surface area contributed by atoms with E-state index in [0.29, 0.717) is 6.54 Å². The first kappa shape index (κ1) is 17.9. The molecule has 25 heavy (non-hydrogen) atoms. The second-order valence-electron chi connectivity index (χ2n) is 7.10. The highest BCUT2D eigenvalue weighted by Gasteiger charge is 2.22. The summed E-state index contributed by atoms with van der Waals surface area (Å²) in [4.78, 5) is 15.7. The molecule has 0 saturated carbocycles. The summed E-state index contributed by atoms with van der Waals surface area (Å²) in [6.07, 6.45) is 8.35. The normalized spacial score (nSPS) is 18.8. The molecule has 0 unspecified atom stereocenters. The van der Waals surface area contributed by atoms with E-state index < -0.39 is 0 Å². The molecule has 2 N–H and O–H groups in total. The predicted octanol–water partition coefficient (Wildman–Crippen LogP) is 1.54. The van der Waals surface area contributed by atoms with E-state index in [1.807, 2.05) is 12.1 Å². The van der Waals surface area contributed by atoms with Crippen molar-refractivity contribution in [1.29, 1.82) is 0 Å². The lowest BCUT2D eigenvalue weighted by atomic mass is 9.97. The van der Waals surface area contributed by atoms with Gasteiger partial charge in [-0.25, -0.2) is 4.39 Å². The summed E-state index contributed by atoms with van der Waals surface area (Å²) in [6.45, 7) is 5.00. The van der Waals surface area contributed by atoms with E-state index in [0.717, 1.165) is 44.8 Å².